The number of rotatable bonds is 5. The van der Waals surface area contributed by atoms with Crippen molar-refractivity contribution in [3.8, 4) is 17.2 Å². The molecule has 0 fully saturated rings. The molecule has 1 aliphatic rings. The molecule has 1 atom stereocenters. The van der Waals surface area contributed by atoms with Gasteiger partial charge in [-0.2, -0.15) is 0 Å². The van der Waals surface area contributed by atoms with Crippen molar-refractivity contribution >= 4 is 40.7 Å². The van der Waals surface area contributed by atoms with E-state index in [1.165, 1.54) is 12.1 Å². The molecule has 1 aliphatic heterocycles. The van der Waals surface area contributed by atoms with Gasteiger partial charge in [0, 0.05) is 6.07 Å². The molecule has 1 amide bonds. The van der Waals surface area contributed by atoms with E-state index in [0.717, 1.165) is 5.56 Å². The van der Waals surface area contributed by atoms with Crippen molar-refractivity contribution in [1.82, 2.24) is 5.32 Å². The number of nitrogens with one attached hydrogen (secondary N) is 1. The Hall–Kier alpha value is -1.82. The molecule has 3 rings (SSSR count). The van der Waals surface area contributed by atoms with E-state index in [-0.39, 0.29) is 30.4 Å². The number of carbonyl (C=O) groups is 1. The van der Waals surface area contributed by atoms with Crippen LogP contribution in [0.5, 0.6) is 17.2 Å². The minimum absolute atomic E-state index is 0.202. The molecule has 0 saturated carbocycles. The van der Waals surface area contributed by atoms with Crippen LogP contribution in [0.15, 0.2) is 30.3 Å². The van der Waals surface area contributed by atoms with Crippen LogP contribution >= 0.6 is 34.8 Å². The van der Waals surface area contributed by atoms with Gasteiger partial charge in [-0.05, 0) is 30.7 Å². The van der Waals surface area contributed by atoms with Crippen molar-refractivity contribution < 1.29 is 19.0 Å². The van der Waals surface area contributed by atoms with Crippen LogP contribution in [0.2, 0.25) is 15.1 Å². The van der Waals surface area contributed by atoms with E-state index < -0.39 is 0 Å². The van der Waals surface area contributed by atoms with Crippen LogP contribution in [0.1, 0.15) is 18.5 Å². The van der Waals surface area contributed by atoms with E-state index in [9.17, 15) is 4.79 Å². The highest BCUT2D eigenvalue weighted by atomic mass is 35.5. The van der Waals surface area contributed by atoms with Crippen LogP contribution in [0.4, 0.5) is 0 Å². The Bertz CT molecular complexity index is 813. The maximum absolute atomic E-state index is 12.1. The summed E-state index contributed by atoms with van der Waals surface area (Å²) >= 11 is 17.8. The molecule has 0 bridgehead atoms. The second kappa shape index (κ2) is 7.60. The van der Waals surface area contributed by atoms with E-state index >= 15 is 0 Å². The Labute approximate surface area is 159 Å². The Morgan fingerprint density at radius 2 is 1.84 bits per heavy atom. The summed E-state index contributed by atoms with van der Waals surface area (Å²) < 4.78 is 16.0. The molecule has 2 aromatic rings. The smallest absolute Gasteiger partial charge is 0.258 e. The van der Waals surface area contributed by atoms with E-state index in [2.05, 4.69) is 5.32 Å². The Morgan fingerprint density at radius 1 is 1.12 bits per heavy atom. The fourth-order valence-electron chi connectivity index (χ4n) is 2.31. The summed E-state index contributed by atoms with van der Waals surface area (Å²) in [5, 5.41) is 3.74. The molecule has 1 heterocycles. The van der Waals surface area contributed by atoms with Crippen LogP contribution < -0.4 is 19.5 Å². The topological polar surface area (TPSA) is 56.8 Å². The average molecular weight is 403 g/mol. The first-order valence-electron chi connectivity index (χ1n) is 7.40. The molecular weight excluding hydrogens is 389 g/mol. The summed E-state index contributed by atoms with van der Waals surface area (Å²) in [5.41, 5.74) is 0.894. The lowest BCUT2D eigenvalue weighted by Gasteiger charge is -2.15. The molecule has 0 unspecified atom stereocenters. The quantitative estimate of drug-likeness (QED) is 0.741. The zero-order chi connectivity index (χ0) is 18.0. The monoisotopic (exact) mass is 401 g/mol. The molecule has 0 aliphatic carbocycles. The molecule has 1 N–H and O–H groups in total. The number of hydrogen-bond donors (Lipinski definition) is 1. The van der Waals surface area contributed by atoms with Gasteiger partial charge < -0.3 is 19.5 Å². The van der Waals surface area contributed by atoms with Gasteiger partial charge in [-0.3, -0.25) is 4.79 Å². The lowest BCUT2D eigenvalue weighted by molar-refractivity contribution is -0.123. The SMILES string of the molecule is C[C@@H](NC(=O)COc1cc(Cl)c(Cl)cc1Cl)c1ccc2c(c1)OCO2. The summed E-state index contributed by atoms with van der Waals surface area (Å²) in [6.45, 7) is 1.87. The number of fused-ring (bicyclic) bond motifs is 1. The summed E-state index contributed by atoms with van der Waals surface area (Å²) in [6.07, 6.45) is 0. The number of amides is 1. The fraction of sp³-hybridized carbons (Fsp3) is 0.235. The molecule has 2 aromatic carbocycles. The first-order chi connectivity index (χ1) is 11.9. The largest absolute Gasteiger partial charge is 0.482 e. The third-order valence-electron chi connectivity index (χ3n) is 3.61. The molecule has 132 valence electrons. The predicted octanol–water partition coefficient (Wildman–Crippen LogP) is 4.63. The number of halogens is 3. The van der Waals surface area contributed by atoms with Gasteiger partial charge in [0.15, 0.2) is 18.1 Å². The maximum atomic E-state index is 12.1. The van der Waals surface area contributed by atoms with E-state index in [0.29, 0.717) is 27.3 Å². The lowest BCUT2D eigenvalue weighted by Crippen LogP contribution is -2.31. The second-order valence-corrected chi connectivity index (χ2v) is 6.61. The van der Waals surface area contributed by atoms with Gasteiger partial charge in [0.2, 0.25) is 6.79 Å². The fourth-order valence-corrected chi connectivity index (χ4v) is 2.90. The van der Waals surface area contributed by atoms with Gasteiger partial charge in [0.05, 0.1) is 21.1 Å². The molecule has 0 spiro atoms. The summed E-state index contributed by atoms with van der Waals surface area (Å²) in [4.78, 5) is 12.1. The van der Waals surface area contributed by atoms with Crippen molar-refractivity contribution in [2.45, 2.75) is 13.0 Å². The highest BCUT2D eigenvalue weighted by molar-refractivity contribution is 6.43. The number of hydrogen-bond acceptors (Lipinski definition) is 4. The van der Waals surface area contributed by atoms with Gasteiger partial charge in [-0.1, -0.05) is 40.9 Å². The summed E-state index contributed by atoms with van der Waals surface area (Å²) in [7, 11) is 0. The first kappa shape index (κ1) is 18.0. The standard InChI is InChI=1S/C17H14Cl3NO4/c1-9(10-2-3-14-16(4-10)25-8-24-14)21-17(22)7-23-15-6-12(19)11(18)5-13(15)20/h2-6,9H,7-8H2,1H3,(H,21,22)/t9-/m1/s1. The third kappa shape index (κ3) is 4.24. The lowest BCUT2D eigenvalue weighted by atomic mass is 10.1. The molecule has 0 saturated heterocycles. The van der Waals surface area contributed by atoms with Crippen LogP contribution in [-0.4, -0.2) is 19.3 Å². The third-order valence-corrected chi connectivity index (χ3v) is 4.63. The van der Waals surface area contributed by atoms with Crippen molar-refractivity contribution in [3.05, 3.63) is 51.0 Å². The van der Waals surface area contributed by atoms with E-state index in [1.807, 2.05) is 25.1 Å². The van der Waals surface area contributed by atoms with E-state index in [4.69, 9.17) is 49.0 Å². The summed E-state index contributed by atoms with van der Waals surface area (Å²) in [5.74, 6) is 1.35. The summed E-state index contributed by atoms with van der Waals surface area (Å²) in [6, 6.07) is 8.23. The van der Waals surface area contributed by atoms with Gasteiger partial charge in [0.1, 0.15) is 5.75 Å². The molecule has 0 radical (unpaired) electrons. The van der Waals surface area contributed by atoms with Gasteiger partial charge in [-0.15, -0.1) is 0 Å². The van der Waals surface area contributed by atoms with Crippen LogP contribution in [-0.2, 0) is 4.79 Å². The molecule has 0 aromatic heterocycles. The number of carbonyl (C=O) groups excluding carboxylic acids is 1. The molecular formula is C17H14Cl3NO4. The van der Waals surface area contributed by atoms with Crippen LogP contribution in [0.3, 0.4) is 0 Å². The Morgan fingerprint density at radius 3 is 2.64 bits per heavy atom. The molecule has 5 nitrogen and oxygen atoms in total. The normalized spacial score (nSPS) is 13.4. The Balaban J connectivity index is 1.58. The predicted molar refractivity (Wildman–Crippen MR) is 96.1 cm³/mol. The molecule has 8 heteroatoms. The Kier molecular flexibility index (Phi) is 5.47. The minimum Gasteiger partial charge on any atom is -0.482 e. The van der Waals surface area contributed by atoms with Gasteiger partial charge in [-0.25, -0.2) is 0 Å². The van der Waals surface area contributed by atoms with E-state index in [1.54, 1.807) is 0 Å². The number of ether oxygens (including phenoxy) is 3. The highest BCUT2D eigenvalue weighted by Crippen LogP contribution is 2.35. The van der Waals surface area contributed by atoms with Gasteiger partial charge in [0.25, 0.3) is 5.91 Å². The minimum atomic E-state index is -0.299. The highest BCUT2D eigenvalue weighted by Gasteiger charge is 2.17. The van der Waals surface area contributed by atoms with Crippen molar-refractivity contribution in [1.29, 1.82) is 0 Å². The van der Waals surface area contributed by atoms with Crippen molar-refractivity contribution in [2.75, 3.05) is 13.4 Å². The zero-order valence-electron chi connectivity index (χ0n) is 13.1. The molecule has 25 heavy (non-hydrogen) atoms. The number of benzene rings is 2. The first-order valence-corrected chi connectivity index (χ1v) is 8.53. The van der Waals surface area contributed by atoms with Crippen LogP contribution in [0, 0.1) is 0 Å². The van der Waals surface area contributed by atoms with Crippen molar-refractivity contribution in [2.24, 2.45) is 0 Å². The second-order valence-electron chi connectivity index (χ2n) is 5.39. The van der Waals surface area contributed by atoms with Gasteiger partial charge >= 0.3 is 0 Å². The average Bonchev–Trinajstić information content (AvgIpc) is 3.04. The van der Waals surface area contributed by atoms with Crippen LogP contribution in [0.25, 0.3) is 0 Å². The zero-order valence-corrected chi connectivity index (χ0v) is 15.4. The maximum Gasteiger partial charge on any atom is 0.258 e. The van der Waals surface area contributed by atoms with Crippen molar-refractivity contribution in [3.63, 3.8) is 0 Å².